The van der Waals surface area contributed by atoms with Gasteiger partial charge < -0.3 is 5.32 Å². The molecule has 0 saturated heterocycles. The van der Waals surface area contributed by atoms with Gasteiger partial charge >= 0.3 is 0 Å². The van der Waals surface area contributed by atoms with Crippen molar-refractivity contribution in [3.8, 4) is 0 Å². The quantitative estimate of drug-likeness (QED) is 0.842. The maximum atomic E-state index is 13.7. The number of nitrogens with one attached hydrogen (secondary N) is 1. The van der Waals surface area contributed by atoms with E-state index in [1.165, 1.54) is 0 Å². The Kier molecular flexibility index (Phi) is 3.42. The van der Waals surface area contributed by atoms with Crippen LogP contribution in [0.2, 0.25) is 0 Å². The summed E-state index contributed by atoms with van der Waals surface area (Å²) in [6.07, 6.45) is 0.330. The zero-order valence-electron chi connectivity index (χ0n) is 10.2. The van der Waals surface area contributed by atoms with Gasteiger partial charge in [-0.15, -0.1) is 0 Å². The summed E-state index contributed by atoms with van der Waals surface area (Å²) in [4.78, 5) is -0.353. The Labute approximate surface area is 105 Å². The number of benzene rings is 1. The lowest BCUT2D eigenvalue weighted by Crippen LogP contribution is -2.34. The number of hydrogen-bond acceptors (Lipinski definition) is 3. The molecule has 0 saturated carbocycles. The Morgan fingerprint density at radius 2 is 2.00 bits per heavy atom. The van der Waals surface area contributed by atoms with Crippen molar-refractivity contribution in [2.45, 2.75) is 37.2 Å². The molecule has 0 spiro atoms. The molecule has 3 nitrogen and oxygen atoms in total. The maximum absolute atomic E-state index is 13.7. The molecule has 1 aliphatic rings. The molecular formula is C12H15F2NO2S. The van der Waals surface area contributed by atoms with Gasteiger partial charge in [-0.3, -0.25) is 0 Å². The summed E-state index contributed by atoms with van der Waals surface area (Å²) in [7, 11) is -3.64. The van der Waals surface area contributed by atoms with Crippen LogP contribution in [0, 0.1) is 11.6 Å². The molecular weight excluding hydrogens is 260 g/mol. The van der Waals surface area contributed by atoms with Gasteiger partial charge in [0.25, 0.3) is 0 Å². The van der Waals surface area contributed by atoms with Gasteiger partial charge in [0.1, 0.15) is 16.5 Å². The van der Waals surface area contributed by atoms with Gasteiger partial charge in [-0.1, -0.05) is 13.8 Å². The monoisotopic (exact) mass is 275 g/mol. The summed E-state index contributed by atoms with van der Waals surface area (Å²) in [6, 6.07) is 1.51. The van der Waals surface area contributed by atoms with E-state index in [0.29, 0.717) is 12.5 Å². The van der Waals surface area contributed by atoms with Crippen LogP contribution in [0.15, 0.2) is 17.0 Å². The predicted molar refractivity (Wildman–Crippen MR) is 64.0 cm³/mol. The molecule has 0 radical (unpaired) electrons. The molecule has 6 heteroatoms. The number of hydrogen-bond donors (Lipinski definition) is 1. The van der Waals surface area contributed by atoms with Crippen LogP contribution in [0.4, 0.5) is 8.78 Å². The van der Waals surface area contributed by atoms with Gasteiger partial charge in [0.15, 0.2) is 9.84 Å². The van der Waals surface area contributed by atoms with E-state index in [9.17, 15) is 17.2 Å². The van der Waals surface area contributed by atoms with E-state index in [2.05, 4.69) is 5.32 Å². The van der Waals surface area contributed by atoms with Crippen LogP contribution in [-0.2, 0) is 9.84 Å². The summed E-state index contributed by atoms with van der Waals surface area (Å²) in [5.41, 5.74) is 0.201. The lowest BCUT2D eigenvalue weighted by atomic mass is 10.0. The highest BCUT2D eigenvalue weighted by Crippen LogP contribution is 2.34. The minimum absolute atomic E-state index is 0.106. The van der Waals surface area contributed by atoms with Crippen molar-refractivity contribution in [1.82, 2.24) is 5.32 Å². The lowest BCUT2D eigenvalue weighted by Gasteiger charge is -2.28. The second kappa shape index (κ2) is 4.59. The normalized spacial score (nSPS) is 21.9. The highest BCUT2D eigenvalue weighted by atomic mass is 32.2. The van der Waals surface area contributed by atoms with Gasteiger partial charge in [-0.2, -0.15) is 0 Å². The van der Waals surface area contributed by atoms with Gasteiger partial charge in [0.2, 0.25) is 0 Å². The molecule has 0 bridgehead atoms. The second-order valence-corrected chi connectivity index (χ2v) is 6.83. The molecule has 2 rings (SSSR count). The molecule has 1 N–H and O–H groups in total. The van der Waals surface area contributed by atoms with Crippen molar-refractivity contribution in [2.75, 3.05) is 5.75 Å². The standard InChI is InChI=1S/C12H15F2NO2S/c1-7(2)15-11-3-4-18(16,17)12-9(11)5-8(13)6-10(12)14/h5-7,11,15H,3-4H2,1-2H3. The van der Waals surface area contributed by atoms with E-state index in [1.807, 2.05) is 13.8 Å². The first-order valence-corrected chi connectivity index (χ1v) is 7.44. The van der Waals surface area contributed by atoms with E-state index >= 15 is 0 Å². The Morgan fingerprint density at radius 3 is 2.61 bits per heavy atom. The molecule has 0 aromatic heterocycles. The van der Waals surface area contributed by atoms with Gasteiger partial charge in [-0.05, 0) is 18.1 Å². The fourth-order valence-electron chi connectivity index (χ4n) is 2.27. The van der Waals surface area contributed by atoms with Gasteiger partial charge in [-0.25, -0.2) is 17.2 Å². The molecule has 100 valence electrons. The van der Waals surface area contributed by atoms with Crippen molar-refractivity contribution in [3.05, 3.63) is 29.3 Å². The zero-order chi connectivity index (χ0) is 13.5. The third-order valence-electron chi connectivity index (χ3n) is 2.93. The van der Waals surface area contributed by atoms with Crippen molar-refractivity contribution < 1.29 is 17.2 Å². The van der Waals surface area contributed by atoms with Crippen LogP contribution in [-0.4, -0.2) is 20.2 Å². The Balaban J connectivity index is 2.59. The van der Waals surface area contributed by atoms with Crippen molar-refractivity contribution in [2.24, 2.45) is 0 Å². The van der Waals surface area contributed by atoms with E-state index in [4.69, 9.17) is 0 Å². The lowest BCUT2D eigenvalue weighted by molar-refractivity contribution is 0.436. The molecule has 1 heterocycles. The van der Waals surface area contributed by atoms with Crippen LogP contribution in [0.3, 0.4) is 0 Å². The summed E-state index contributed by atoms with van der Waals surface area (Å²) >= 11 is 0. The molecule has 0 amide bonds. The average Bonchev–Trinajstić information content (AvgIpc) is 2.20. The molecule has 0 aliphatic carbocycles. The largest absolute Gasteiger partial charge is 0.308 e. The summed E-state index contributed by atoms with van der Waals surface area (Å²) in [5.74, 6) is -1.87. The molecule has 1 unspecified atom stereocenters. The average molecular weight is 275 g/mol. The van der Waals surface area contributed by atoms with Crippen LogP contribution >= 0.6 is 0 Å². The van der Waals surface area contributed by atoms with Crippen molar-refractivity contribution in [3.63, 3.8) is 0 Å². The topological polar surface area (TPSA) is 46.2 Å². The summed E-state index contributed by atoms with van der Waals surface area (Å²) in [5, 5.41) is 3.13. The summed E-state index contributed by atoms with van der Waals surface area (Å²) < 4.78 is 50.6. The third kappa shape index (κ3) is 2.40. The zero-order valence-corrected chi connectivity index (χ0v) is 11.0. The molecule has 1 aromatic carbocycles. The highest BCUT2D eigenvalue weighted by Gasteiger charge is 2.33. The molecule has 1 atom stereocenters. The minimum atomic E-state index is -3.64. The number of sulfone groups is 1. The Bertz CT molecular complexity index is 570. The first-order chi connectivity index (χ1) is 8.31. The predicted octanol–water partition coefficient (Wildman–Crippen LogP) is 2.18. The van der Waals surface area contributed by atoms with E-state index < -0.39 is 21.5 Å². The van der Waals surface area contributed by atoms with Crippen molar-refractivity contribution in [1.29, 1.82) is 0 Å². The van der Waals surface area contributed by atoms with E-state index in [0.717, 1.165) is 6.07 Å². The van der Waals surface area contributed by atoms with Crippen LogP contribution in [0.25, 0.3) is 0 Å². The van der Waals surface area contributed by atoms with Crippen LogP contribution in [0.1, 0.15) is 31.9 Å². The van der Waals surface area contributed by atoms with Gasteiger partial charge in [0.05, 0.1) is 5.75 Å². The fourth-order valence-corrected chi connectivity index (χ4v) is 3.94. The number of rotatable bonds is 2. The Hall–Kier alpha value is -1.01. The molecule has 1 aliphatic heterocycles. The fraction of sp³-hybridized carbons (Fsp3) is 0.500. The SMILES string of the molecule is CC(C)NC1CCS(=O)(=O)c2c(F)cc(F)cc21. The van der Waals surface area contributed by atoms with Crippen molar-refractivity contribution >= 4 is 9.84 Å². The minimum Gasteiger partial charge on any atom is -0.308 e. The van der Waals surface area contributed by atoms with E-state index in [1.54, 1.807) is 0 Å². The van der Waals surface area contributed by atoms with Crippen LogP contribution in [0.5, 0.6) is 0 Å². The third-order valence-corrected chi connectivity index (χ3v) is 4.76. The van der Waals surface area contributed by atoms with E-state index in [-0.39, 0.29) is 28.3 Å². The number of fused-ring (bicyclic) bond motifs is 1. The Morgan fingerprint density at radius 1 is 1.33 bits per heavy atom. The smallest absolute Gasteiger partial charge is 0.181 e. The number of halogens is 2. The molecule has 0 fully saturated rings. The highest BCUT2D eigenvalue weighted by molar-refractivity contribution is 7.91. The second-order valence-electron chi connectivity index (χ2n) is 4.79. The first-order valence-electron chi connectivity index (χ1n) is 5.79. The van der Waals surface area contributed by atoms with Crippen LogP contribution < -0.4 is 5.32 Å². The molecule has 18 heavy (non-hydrogen) atoms. The maximum Gasteiger partial charge on any atom is 0.181 e. The molecule has 1 aromatic rings. The summed E-state index contributed by atoms with van der Waals surface area (Å²) in [6.45, 7) is 3.80. The van der Waals surface area contributed by atoms with Gasteiger partial charge in [0, 0.05) is 18.2 Å². The first kappa shape index (κ1) is 13.4.